The Labute approximate surface area is 313 Å². The van der Waals surface area contributed by atoms with Crippen molar-refractivity contribution in [2.24, 2.45) is 11.7 Å². The SMILES string of the molecule is CCCCCCCCCCCCCCCCCC(=O)N(CCCCCCCCCCCC)[C@@H]1O[C@H](CO)[C@@H](O)[C@H](O)[C@H]1NC(=O)[C@@H](N)CC(C)C. The van der Waals surface area contributed by atoms with E-state index < -0.39 is 49.1 Å². The van der Waals surface area contributed by atoms with Crippen LogP contribution in [0.15, 0.2) is 0 Å². The quantitative estimate of drug-likeness (QED) is 0.0428. The highest BCUT2D eigenvalue weighted by molar-refractivity contribution is 5.82. The molecule has 0 saturated carbocycles. The zero-order chi connectivity index (χ0) is 37.7. The van der Waals surface area contributed by atoms with E-state index in [4.69, 9.17) is 10.5 Å². The van der Waals surface area contributed by atoms with Gasteiger partial charge in [0, 0.05) is 13.0 Å². The third kappa shape index (κ3) is 21.9. The lowest BCUT2D eigenvalue weighted by Crippen LogP contribution is -2.69. The number of ether oxygens (including phenoxy) is 1. The maximum absolute atomic E-state index is 13.9. The summed E-state index contributed by atoms with van der Waals surface area (Å²) in [6.07, 6.45) is 26.3. The maximum atomic E-state index is 13.9. The second kappa shape index (κ2) is 31.1. The molecule has 9 heteroatoms. The summed E-state index contributed by atoms with van der Waals surface area (Å²) in [5.74, 6) is -0.343. The van der Waals surface area contributed by atoms with Crippen molar-refractivity contribution in [3.63, 3.8) is 0 Å². The average Bonchev–Trinajstić information content (AvgIpc) is 3.11. The summed E-state index contributed by atoms with van der Waals surface area (Å²) in [6.45, 7) is 8.37. The van der Waals surface area contributed by atoms with E-state index in [1.165, 1.54) is 122 Å². The van der Waals surface area contributed by atoms with Gasteiger partial charge in [0.1, 0.15) is 24.4 Å². The van der Waals surface area contributed by atoms with Crippen LogP contribution in [-0.2, 0) is 14.3 Å². The average molecular weight is 726 g/mol. The Morgan fingerprint density at radius 1 is 0.667 bits per heavy atom. The fraction of sp³-hybridized carbons (Fsp3) is 0.952. The third-order valence-electron chi connectivity index (χ3n) is 10.6. The van der Waals surface area contributed by atoms with E-state index in [2.05, 4.69) is 19.2 Å². The van der Waals surface area contributed by atoms with Crippen molar-refractivity contribution in [1.29, 1.82) is 0 Å². The van der Waals surface area contributed by atoms with Gasteiger partial charge in [-0.15, -0.1) is 0 Å². The van der Waals surface area contributed by atoms with Gasteiger partial charge in [0.2, 0.25) is 11.8 Å². The predicted molar refractivity (Wildman–Crippen MR) is 210 cm³/mol. The molecule has 1 aliphatic heterocycles. The van der Waals surface area contributed by atoms with Gasteiger partial charge in [-0.1, -0.05) is 175 Å². The van der Waals surface area contributed by atoms with Crippen molar-refractivity contribution in [3.05, 3.63) is 0 Å². The number of carbonyl (C=O) groups excluding carboxylic acids is 2. The number of aliphatic hydroxyl groups excluding tert-OH is 3. The molecule has 0 aromatic heterocycles. The minimum Gasteiger partial charge on any atom is -0.394 e. The van der Waals surface area contributed by atoms with Gasteiger partial charge in [-0.25, -0.2) is 0 Å². The predicted octanol–water partition coefficient (Wildman–Crippen LogP) is 8.29. The number of nitrogens with one attached hydrogen (secondary N) is 1. The van der Waals surface area contributed by atoms with Crippen molar-refractivity contribution < 1.29 is 29.6 Å². The molecular formula is C42H83N3O6. The molecule has 0 unspecified atom stereocenters. The Kier molecular flexibility index (Phi) is 29.1. The number of rotatable bonds is 33. The number of unbranched alkanes of at least 4 members (excludes halogenated alkanes) is 23. The van der Waals surface area contributed by atoms with E-state index in [1.807, 2.05) is 13.8 Å². The van der Waals surface area contributed by atoms with Gasteiger partial charge in [-0.05, 0) is 25.2 Å². The molecule has 6 N–H and O–H groups in total. The van der Waals surface area contributed by atoms with Crippen LogP contribution in [0.25, 0.3) is 0 Å². The summed E-state index contributed by atoms with van der Waals surface area (Å²) < 4.78 is 6.14. The van der Waals surface area contributed by atoms with Gasteiger partial charge in [0.25, 0.3) is 0 Å². The Morgan fingerprint density at radius 2 is 1.08 bits per heavy atom. The number of nitrogens with zero attached hydrogens (tertiary/aromatic N) is 1. The van der Waals surface area contributed by atoms with Crippen LogP contribution in [0.1, 0.15) is 201 Å². The second-order valence-electron chi connectivity index (χ2n) is 16.0. The zero-order valence-electron chi connectivity index (χ0n) is 33.6. The molecule has 1 fully saturated rings. The minimum absolute atomic E-state index is 0.0865. The van der Waals surface area contributed by atoms with Crippen LogP contribution in [0.3, 0.4) is 0 Å². The number of aliphatic hydroxyl groups is 3. The molecule has 1 rings (SSSR count). The van der Waals surface area contributed by atoms with E-state index in [0.29, 0.717) is 19.4 Å². The standard InChI is InChI=1S/C42H83N3O6/c1-5-7-9-11-13-15-17-18-19-20-21-22-24-26-28-30-37(47)45(31-29-27-25-23-16-14-12-10-8-6-2)42-38(40(49)39(48)36(33-46)51-42)44-41(50)35(43)32-34(3)4/h34-36,38-40,42,46,48-49H,5-33,43H2,1-4H3,(H,44,50)/t35-,36+,38+,39+,40+,42+/m0/s1. The fourth-order valence-corrected chi connectivity index (χ4v) is 7.36. The van der Waals surface area contributed by atoms with E-state index in [1.54, 1.807) is 4.90 Å². The maximum Gasteiger partial charge on any atom is 0.237 e. The molecule has 1 aliphatic rings. The molecule has 0 bridgehead atoms. The first-order chi connectivity index (χ1) is 24.7. The molecule has 9 nitrogen and oxygen atoms in total. The lowest BCUT2D eigenvalue weighted by molar-refractivity contribution is -0.231. The van der Waals surface area contributed by atoms with Gasteiger partial charge in [-0.3, -0.25) is 9.59 Å². The van der Waals surface area contributed by atoms with Crippen LogP contribution in [0.2, 0.25) is 0 Å². The van der Waals surface area contributed by atoms with Gasteiger partial charge < -0.3 is 36.0 Å². The topological polar surface area (TPSA) is 145 Å². The van der Waals surface area contributed by atoms with Crippen LogP contribution in [0.5, 0.6) is 0 Å². The molecule has 0 aromatic rings. The molecule has 0 aromatic carbocycles. The Hall–Kier alpha value is -1.26. The number of nitrogens with two attached hydrogens (primary N) is 1. The lowest BCUT2D eigenvalue weighted by atomic mass is 9.94. The van der Waals surface area contributed by atoms with Gasteiger partial charge in [0.05, 0.1) is 12.6 Å². The van der Waals surface area contributed by atoms with Crippen LogP contribution >= 0.6 is 0 Å². The molecule has 0 aliphatic carbocycles. The molecule has 2 amide bonds. The monoisotopic (exact) mass is 726 g/mol. The van der Waals surface area contributed by atoms with Crippen molar-refractivity contribution in [1.82, 2.24) is 10.2 Å². The first kappa shape index (κ1) is 47.8. The molecule has 51 heavy (non-hydrogen) atoms. The highest BCUT2D eigenvalue weighted by atomic mass is 16.5. The van der Waals surface area contributed by atoms with Gasteiger partial charge >= 0.3 is 0 Å². The summed E-state index contributed by atoms with van der Waals surface area (Å²) in [5.41, 5.74) is 6.17. The molecule has 0 spiro atoms. The van der Waals surface area contributed by atoms with E-state index >= 15 is 0 Å². The van der Waals surface area contributed by atoms with Crippen molar-refractivity contribution in [3.8, 4) is 0 Å². The molecule has 1 heterocycles. The van der Waals surface area contributed by atoms with E-state index in [0.717, 1.165) is 38.5 Å². The molecule has 0 radical (unpaired) electrons. The summed E-state index contributed by atoms with van der Waals surface area (Å²) >= 11 is 0. The Bertz CT molecular complexity index is 845. The summed E-state index contributed by atoms with van der Waals surface area (Å²) in [7, 11) is 0. The van der Waals surface area contributed by atoms with Crippen molar-refractivity contribution in [2.75, 3.05) is 13.2 Å². The van der Waals surface area contributed by atoms with E-state index in [-0.39, 0.29) is 11.8 Å². The van der Waals surface area contributed by atoms with Crippen LogP contribution < -0.4 is 11.1 Å². The number of hydrogen-bond acceptors (Lipinski definition) is 7. The summed E-state index contributed by atoms with van der Waals surface area (Å²) in [5, 5.41) is 34.7. The number of amides is 2. The molecule has 6 atom stereocenters. The fourth-order valence-electron chi connectivity index (χ4n) is 7.36. The smallest absolute Gasteiger partial charge is 0.237 e. The van der Waals surface area contributed by atoms with Gasteiger partial charge in [-0.2, -0.15) is 0 Å². The largest absolute Gasteiger partial charge is 0.394 e. The van der Waals surface area contributed by atoms with Crippen LogP contribution in [0, 0.1) is 5.92 Å². The molecule has 302 valence electrons. The highest BCUT2D eigenvalue weighted by Crippen LogP contribution is 2.26. The second-order valence-corrected chi connectivity index (χ2v) is 16.0. The van der Waals surface area contributed by atoms with Crippen molar-refractivity contribution >= 4 is 11.8 Å². The number of hydrogen-bond donors (Lipinski definition) is 5. The molecule has 1 saturated heterocycles. The van der Waals surface area contributed by atoms with Gasteiger partial charge in [0.15, 0.2) is 6.23 Å². The zero-order valence-corrected chi connectivity index (χ0v) is 33.6. The minimum atomic E-state index is -1.43. The van der Waals surface area contributed by atoms with Crippen LogP contribution in [0.4, 0.5) is 0 Å². The van der Waals surface area contributed by atoms with E-state index in [9.17, 15) is 24.9 Å². The first-order valence-electron chi connectivity index (χ1n) is 21.7. The third-order valence-corrected chi connectivity index (χ3v) is 10.6. The lowest BCUT2D eigenvalue weighted by Gasteiger charge is -2.47. The number of carbonyl (C=O) groups is 2. The summed E-state index contributed by atoms with van der Waals surface area (Å²) in [4.78, 5) is 28.6. The van der Waals surface area contributed by atoms with Crippen molar-refractivity contribution in [2.45, 2.75) is 238 Å². The summed E-state index contributed by atoms with van der Waals surface area (Å²) in [6, 6.07) is -1.86. The Morgan fingerprint density at radius 3 is 1.49 bits per heavy atom. The normalized spacial score (nSPS) is 21.2. The highest BCUT2D eigenvalue weighted by Gasteiger charge is 2.48. The molecular weight excluding hydrogens is 642 g/mol. The van der Waals surface area contributed by atoms with Crippen LogP contribution in [-0.4, -0.2) is 81.8 Å². The Balaban J connectivity index is 2.72. The first-order valence-corrected chi connectivity index (χ1v) is 21.7.